The van der Waals surface area contributed by atoms with Gasteiger partial charge < -0.3 is 9.42 Å². The van der Waals surface area contributed by atoms with Crippen molar-refractivity contribution in [2.24, 2.45) is 5.92 Å². The van der Waals surface area contributed by atoms with E-state index in [-0.39, 0.29) is 0 Å². The smallest absolute Gasteiger partial charge is 0.179 e. The minimum atomic E-state index is 0.775. The van der Waals surface area contributed by atoms with E-state index in [1.54, 1.807) is 11.3 Å². The van der Waals surface area contributed by atoms with E-state index in [9.17, 15) is 0 Å². The first kappa shape index (κ1) is 14.5. The topological polar surface area (TPSA) is 29.3 Å². The van der Waals surface area contributed by atoms with Crippen molar-refractivity contribution in [2.45, 2.75) is 19.3 Å². The van der Waals surface area contributed by atoms with Gasteiger partial charge in [0.15, 0.2) is 11.6 Å². The molecule has 118 valence electrons. The Kier molecular flexibility index (Phi) is 4.16. The highest BCUT2D eigenvalue weighted by molar-refractivity contribution is 7.13. The van der Waals surface area contributed by atoms with Crippen LogP contribution in [0.3, 0.4) is 0 Å². The number of rotatable bonds is 4. The second kappa shape index (κ2) is 6.59. The summed E-state index contributed by atoms with van der Waals surface area (Å²) in [5.74, 6) is 2.63. The molecule has 1 saturated heterocycles. The van der Waals surface area contributed by atoms with E-state index in [0.29, 0.717) is 0 Å². The Labute approximate surface area is 140 Å². The Bertz CT molecular complexity index is 728. The Morgan fingerprint density at radius 1 is 1.09 bits per heavy atom. The summed E-state index contributed by atoms with van der Waals surface area (Å²) < 4.78 is 5.50. The quantitative estimate of drug-likeness (QED) is 0.686. The molecule has 1 fully saturated rings. The fourth-order valence-electron chi connectivity index (χ4n) is 3.26. The van der Waals surface area contributed by atoms with Crippen molar-refractivity contribution in [3.63, 3.8) is 0 Å². The van der Waals surface area contributed by atoms with Crippen molar-refractivity contribution in [1.29, 1.82) is 0 Å². The van der Waals surface area contributed by atoms with Crippen molar-refractivity contribution >= 4 is 17.2 Å². The zero-order chi connectivity index (χ0) is 15.5. The van der Waals surface area contributed by atoms with Crippen LogP contribution in [0.4, 0.5) is 5.82 Å². The molecule has 3 aromatic rings. The fourth-order valence-corrected chi connectivity index (χ4v) is 3.94. The van der Waals surface area contributed by atoms with E-state index < -0.39 is 0 Å². The predicted molar refractivity (Wildman–Crippen MR) is 94.9 cm³/mol. The van der Waals surface area contributed by atoms with Gasteiger partial charge in [0, 0.05) is 19.2 Å². The molecule has 0 atom stereocenters. The molecule has 1 aliphatic heterocycles. The maximum Gasteiger partial charge on any atom is 0.179 e. The Balaban J connectivity index is 1.36. The number of benzene rings is 1. The van der Waals surface area contributed by atoms with Crippen LogP contribution < -0.4 is 4.90 Å². The van der Waals surface area contributed by atoms with Crippen LogP contribution in [-0.2, 0) is 6.42 Å². The molecule has 1 aromatic carbocycles. The molecule has 3 heterocycles. The maximum absolute atomic E-state index is 5.50. The third-order valence-electron chi connectivity index (χ3n) is 4.57. The van der Waals surface area contributed by atoms with Crippen LogP contribution in [0.15, 0.2) is 58.4 Å². The molecular weight excluding hydrogens is 304 g/mol. The molecule has 1 aliphatic rings. The lowest BCUT2D eigenvalue weighted by Crippen LogP contribution is -2.34. The van der Waals surface area contributed by atoms with Crippen LogP contribution in [-0.4, -0.2) is 18.2 Å². The van der Waals surface area contributed by atoms with Crippen LogP contribution in [0.2, 0.25) is 0 Å². The molecule has 0 amide bonds. The minimum Gasteiger partial charge on any atom is -0.354 e. The van der Waals surface area contributed by atoms with Gasteiger partial charge in [0.1, 0.15) is 0 Å². The first-order valence-electron chi connectivity index (χ1n) is 8.18. The molecule has 2 aromatic heterocycles. The molecule has 4 rings (SSSR count). The highest BCUT2D eigenvalue weighted by atomic mass is 32.1. The van der Waals surface area contributed by atoms with E-state index in [1.165, 1.54) is 24.8 Å². The molecule has 3 nitrogen and oxygen atoms in total. The largest absolute Gasteiger partial charge is 0.354 e. The van der Waals surface area contributed by atoms with E-state index in [1.807, 2.05) is 6.07 Å². The Morgan fingerprint density at radius 2 is 1.91 bits per heavy atom. The molecule has 0 spiro atoms. The second-order valence-corrected chi connectivity index (χ2v) is 7.09. The van der Waals surface area contributed by atoms with Crippen LogP contribution in [0.5, 0.6) is 0 Å². The zero-order valence-corrected chi connectivity index (χ0v) is 13.8. The van der Waals surface area contributed by atoms with Crippen molar-refractivity contribution in [3.8, 4) is 10.6 Å². The normalized spacial score (nSPS) is 15.9. The van der Waals surface area contributed by atoms with Gasteiger partial charge in [-0.3, -0.25) is 0 Å². The second-order valence-electron chi connectivity index (χ2n) is 6.15. The van der Waals surface area contributed by atoms with Crippen LogP contribution >= 0.6 is 11.3 Å². The lowest BCUT2D eigenvalue weighted by molar-refractivity contribution is 0.390. The van der Waals surface area contributed by atoms with Crippen molar-refractivity contribution < 1.29 is 4.52 Å². The van der Waals surface area contributed by atoms with Gasteiger partial charge in [-0.1, -0.05) is 41.6 Å². The first-order chi connectivity index (χ1) is 11.4. The molecule has 4 heteroatoms. The summed E-state index contributed by atoms with van der Waals surface area (Å²) in [5.41, 5.74) is 1.45. The molecular formula is C19H20N2OS. The van der Waals surface area contributed by atoms with Gasteiger partial charge in [-0.25, -0.2) is 0 Å². The molecule has 0 bridgehead atoms. The van der Waals surface area contributed by atoms with Gasteiger partial charge in [-0.2, -0.15) is 0 Å². The maximum atomic E-state index is 5.50. The average Bonchev–Trinajstić information content (AvgIpc) is 3.28. The molecule has 0 radical (unpaired) electrons. The number of piperidine rings is 1. The van der Waals surface area contributed by atoms with Crippen molar-refractivity contribution in [1.82, 2.24) is 5.16 Å². The lowest BCUT2D eigenvalue weighted by atomic mass is 9.90. The van der Waals surface area contributed by atoms with E-state index in [4.69, 9.17) is 4.52 Å². The first-order valence-corrected chi connectivity index (χ1v) is 9.06. The highest BCUT2D eigenvalue weighted by Gasteiger charge is 2.22. The Morgan fingerprint density at radius 3 is 2.65 bits per heavy atom. The van der Waals surface area contributed by atoms with Crippen LogP contribution in [0.1, 0.15) is 18.4 Å². The van der Waals surface area contributed by atoms with Crippen LogP contribution in [0.25, 0.3) is 10.6 Å². The third kappa shape index (κ3) is 3.32. The van der Waals surface area contributed by atoms with Crippen molar-refractivity contribution in [3.05, 3.63) is 59.5 Å². The van der Waals surface area contributed by atoms with Gasteiger partial charge in [-0.15, -0.1) is 11.3 Å². The van der Waals surface area contributed by atoms with E-state index in [0.717, 1.165) is 35.5 Å². The number of anilines is 1. The van der Waals surface area contributed by atoms with Crippen LogP contribution in [0, 0.1) is 5.92 Å². The monoisotopic (exact) mass is 324 g/mol. The summed E-state index contributed by atoms with van der Waals surface area (Å²) >= 11 is 1.69. The molecule has 23 heavy (non-hydrogen) atoms. The molecule has 0 N–H and O–H groups in total. The van der Waals surface area contributed by atoms with Gasteiger partial charge in [0.05, 0.1) is 4.88 Å². The SMILES string of the molecule is c1ccc(CC2CCN(c3cc(-c4cccs4)on3)CC2)cc1. The number of hydrogen-bond donors (Lipinski definition) is 0. The Hall–Kier alpha value is -2.07. The summed E-state index contributed by atoms with van der Waals surface area (Å²) in [6.07, 6.45) is 3.63. The molecule has 0 unspecified atom stereocenters. The molecule has 0 aliphatic carbocycles. The number of thiophene rings is 1. The summed E-state index contributed by atoms with van der Waals surface area (Å²) in [6.45, 7) is 2.13. The zero-order valence-electron chi connectivity index (χ0n) is 13.0. The van der Waals surface area contributed by atoms with Crippen molar-refractivity contribution in [2.75, 3.05) is 18.0 Å². The summed E-state index contributed by atoms with van der Waals surface area (Å²) in [4.78, 5) is 3.49. The minimum absolute atomic E-state index is 0.775. The highest BCUT2D eigenvalue weighted by Crippen LogP contribution is 2.30. The van der Waals surface area contributed by atoms with Gasteiger partial charge >= 0.3 is 0 Å². The predicted octanol–water partition coefficient (Wildman–Crippen LogP) is 4.86. The van der Waals surface area contributed by atoms with E-state index >= 15 is 0 Å². The fraction of sp³-hybridized carbons (Fsp3) is 0.316. The lowest BCUT2D eigenvalue weighted by Gasteiger charge is -2.31. The van der Waals surface area contributed by atoms with Gasteiger partial charge in [-0.05, 0) is 42.2 Å². The van der Waals surface area contributed by atoms with Gasteiger partial charge in [0.2, 0.25) is 0 Å². The van der Waals surface area contributed by atoms with E-state index in [2.05, 4.69) is 57.9 Å². The average molecular weight is 324 g/mol. The summed E-state index contributed by atoms with van der Waals surface area (Å²) in [7, 11) is 0. The number of aromatic nitrogens is 1. The summed E-state index contributed by atoms with van der Waals surface area (Å²) in [6, 6.07) is 17.0. The number of hydrogen-bond acceptors (Lipinski definition) is 4. The third-order valence-corrected chi connectivity index (χ3v) is 5.45. The standard InChI is InChI=1S/C19H20N2OS/c1-2-5-15(6-3-1)13-16-8-10-21(11-9-16)19-14-17(22-20-19)18-7-4-12-23-18/h1-7,12,14,16H,8-11,13H2. The van der Waals surface area contributed by atoms with Gasteiger partial charge in [0.25, 0.3) is 0 Å². The molecule has 0 saturated carbocycles. The number of nitrogens with zero attached hydrogens (tertiary/aromatic N) is 2. The summed E-state index contributed by atoms with van der Waals surface area (Å²) in [5, 5.41) is 6.32.